The average Bonchev–Trinajstić information content (AvgIpc) is 2.88. The molecular weight excluding hydrogens is 318 g/mol. The maximum absolute atomic E-state index is 12.9. The van der Waals surface area contributed by atoms with Crippen molar-refractivity contribution in [1.82, 2.24) is 4.90 Å². The van der Waals surface area contributed by atoms with Crippen LogP contribution in [0.5, 0.6) is 0 Å². The fourth-order valence-electron chi connectivity index (χ4n) is 3.76. The molecule has 3 rings (SSSR count). The summed E-state index contributed by atoms with van der Waals surface area (Å²) in [7, 11) is 0. The van der Waals surface area contributed by atoms with E-state index in [0.717, 1.165) is 61.4 Å². The van der Waals surface area contributed by atoms with Gasteiger partial charge in [-0.1, -0.05) is 13.8 Å². The van der Waals surface area contributed by atoms with Crippen molar-refractivity contribution in [2.45, 2.75) is 52.9 Å². The normalized spacial score (nSPS) is 21.1. The Labute approximate surface area is 148 Å². The van der Waals surface area contributed by atoms with Crippen LogP contribution in [0, 0.1) is 12.3 Å². The van der Waals surface area contributed by atoms with E-state index in [9.17, 15) is 4.79 Å². The van der Waals surface area contributed by atoms with Crippen molar-refractivity contribution in [3.63, 3.8) is 0 Å². The van der Waals surface area contributed by atoms with Crippen molar-refractivity contribution in [3.05, 3.63) is 22.6 Å². The maximum atomic E-state index is 12.9. The summed E-state index contributed by atoms with van der Waals surface area (Å²) in [6, 6.07) is 0. The summed E-state index contributed by atoms with van der Waals surface area (Å²) in [4.78, 5) is 14.8. The first-order chi connectivity index (χ1) is 11.8. The number of nitrogens with two attached hydrogens (primary N) is 2. The highest BCUT2D eigenvalue weighted by atomic mass is 16.4. The van der Waals surface area contributed by atoms with Crippen LogP contribution in [-0.2, 0) is 6.42 Å². The average molecular weight is 345 g/mol. The van der Waals surface area contributed by atoms with Gasteiger partial charge in [0.1, 0.15) is 5.76 Å². The lowest BCUT2D eigenvalue weighted by molar-refractivity contribution is 0.0688. The molecule has 7 heteroatoms. The van der Waals surface area contributed by atoms with Crippen LogP contribution in [0.3, 0.4) is 0 Å². The van der Waals surface area contributed by atoms with Crippen molar-refractivity contribution in [1.29, 1.82) is 0 Å². The van der Waals surface area contributed by atoms with Crippen LogP contribution in [0.2, 0.25) is 0 Å². The van der Waals surface area contributed by atoms with Crippen molar-refractivity contribution in [2.24, 2.45) is 27.1 Å². The number of furan rings is 1. The van der Waals surface area contributed by atoms with Crippen LogP contribution in [0.25, 0.3) is 0 Å². The van der Waals surface area contributed by atoms with Crippen LogP contribution in [-0.4, -0.2) is 35.6 Å². The number of carbonyl (C=O) groups excluding carboxylic acids is 1. The third-order valence-corrected chi connectivity index (χ3v) is 4.92. The smallest absolute Gasteiger partial charge is 0.289 e. The molecule has 136 valence electrons. The van der Waals surface area contributed by atoms with Gasteiger partial charge in [0, 0.05) is 30.6 Å². The topological polar surface area (TPSA) is 110 Å². The first-order valence-electron chi connectivity index (χ1n) is 8.86. The minimum Gasteiger partial charge on any atom is -0.455 e. The van der Waals surface area contributed by atoms with Crippen LogP contribution >= 0.6 is 0 Å². The molecule has 7 nitrogen and oxygen atoms in total. The van der Waals surface area contributed by atoms with Gasteiger partial charge in [0.15, 0.2) is 5.76 Å². The number of amides is 1. The van der Waals surface area contributed by atoms with Crippen LogP contribution in [0.1, 0.15) is 67.0 Å². The Morgan fingerprint density at radius 3 is 2.48 bits per heavy atom. The maximum Gasteiger partial charge on any atom is 0.289 e. The third kappa shape index (κ3) is 3.55. The Kier molecular flexibility index (Phi) is 4.58. The van der Waals surface area contributed by atoms with Crippen molar-refractivity contribution in [3.8, 4) is 0 Å². The second-order valence-corrected chi connectivity index (χ2v) is 7.80. The van der Waals surface area contributed by atoms with Gasteiger partial charge in [0.2, 0.25) is 5.96 Å². The number of carbonyl (C=O) groups is 1. The summed E-state index contributed by atoms with van der Waals surface area (Å²) in [5.74, 6) is 1.13. The molecule has 1 aromatic heterocycles. The molecule has 1 aliphatic heterocycles. The fraction of sp³-hybridized carbons (Fsp3) is 0.611. The van der Waals surface area contributed by atoms with E-state index >= 15 is 0 Å². The zero-order valence-electron chi connectivity index (χ0n) is 15.3. The first kappa shape index (κ1) is 17.5. The summed E-state index contributed by atoms with van der Waals surface area (Å²) in [6.45, 7) is 7.80. The summed E-state index contributed by atoms with van der Waals surface area (Å²) >= 11 is 0. The molecule has 2 heterocycles. The second kappa shape index (κ2) is 6.54. The molecule has 1 saturated heterocycles. The number of hydrogen-bond acceptors (Lipinski definition) is 4. The highest BCUT2D eigenvalue weighted by Gasteiger charge is 2.37. The quantitative estimate of drug-likeness (QED) is 0.486. The molecule has 0 spiro atoms. The van der Waals surface area contributed by atoms with Gasteiger partial charge in [0.05, 0.1) is 5.71 Å². The monoisotopic (exact) mass is 345 g/mol. The zero-order valence-corrected chi connectivity index (χ0v) is 15.3. The van der Waals surface area contributed by atoms with Gasteiger partial charge < -0.3 is 20.8 Å². The molecule has 25 heavy (non-hydrogen) atoms. The fourth-order valence-corrected chi connectivity index (χ4v) is 3.76. The number of fused-ring (bicyclic) bond motifs is 1. The number of hydrogen-bond donors (Lipinski definition) is 2. The molecule has 0 aromatic carbocycles. The van der Waals surface area contributed by atoms with E-state index in [0.29, 0.717) is 5.76 Å². The van der Waals surface area contributed by atoms with E-state index in [1.165, 1.54) is 6.42 Å². The van der Waals surface area contributed by atoms with E-state index in [-0.39, 0.29) is 17.3 Å². The highest BCUT2D eigenvalue weighted by molar-refractivity contribution is 6.07. The predicted molar refractivity (Wildman–Crippen MR) is 97.6 cm³/mol. The lowest BCUT2D eigenvalue weighted by atomic mass is 9.75. The first-order valence-corrected chi connectivity index (χ1v) is 8.86. The molecule has 0 radical (unpaired) electrons. The summed E-state index contributed by atoms with van der Waals surface area (Å²) in [6.07, 6.45) is 4.78. The minimum absolute atomic E-state index is 0.0226. The number of rotatable bonds is 2. The Morgan fingerprint density at radius 1 is 1.16 bits per heavy atom. The van der Waals surface area contributed by atoms with Crippen molar-refractivity contribution < 1.29 is 9.21 Å². The Morgan fingerprint density at radius 2 is 1.84 bits per heavy atom. The molecule has 4 N–H and O–H groups in total. The van der Waals surface area contributed by atoms with E-state index in [1.807, 2.05) is 11.8 Å². The summed E-state index contributed by atoms with van der Waals surface area (Å²) in [5, 5.41) is 8.06. The second-order valence-electron chi connectivity index (χ2n) is 7.80. The number of nitrogens with zero attached hydrogens (tertiary/aromatic N) is 3. The number of piperidine rings is 1. The minimum atomic E-state index is -0.0804. The van der Waals surface area contributed by atoms with Crippen LogP contribution in [0.4, 0.5) is 0 Å². The van der Waals surface area contributed by atoms with E-state index in [2.05, 4.69) is 24.1 Å². The van der Waals surface area contributed by atoms with Gasteiger partial charge in [0.25, 0.3) is 5.91 Å². The Balaban J connectivity index is 2.01. The molecule has 1 fully saturated rings. The molecule has 1 aromatic rings. The van der Waals surface area contributed by atoms with Gasteiger partial charge in [-0.2, -0.15) is 5.10 Å². The Hall–Kier alpha value is -2.31. The number of guanidine groups is 1. The van der Waals surface area contributed by atoms with Crippen molar-refractivity contribution >= 4 is 17.6 Å². The van der Waals surface area contributed by atoms with Gasteiger partial charge in [-0.25, -0.2) is 0 Å². The predicted octanol–water partition coefficient (Wildman–Crippen LogP) is 2.16. The van der Waals surface area contributed by atoms with Gasteiger partial charge in [-0.3, -0.25) is 4.79 Å². The molecule has 0 saturated carbocycles. The van der Waals surface area contributed by atoms with E-state index in [1.54, 1.807) is 0 Å². The molecule has 0 unspecified atom stereocenters. The van der Waals surface area contributed by atoms with E-state index in [4.69, 9.17) is 15.9 Å². The molecular formula is C18H27N5O2. The summed E-state index contributed by atoms with van der Waals surface area (Å²) in [5.41, 5.74) is 13.3. The lowest BCUT2D eigenvalue weighted by Crippen LogP contribution is -2.35. The standard InChI is InChI=1S/C18H27N5O2/c1-11-14-12(21-22-17(19)20)9-18(2,3)10-13(14)25-15(11)16(24)23-7-5-4-6-8-23/h4-10H2,1-3H3,(H4,19,20,22)/b21-12-. The van der Waals surface area contributed by atoms with Gasteiger partial charge in [-0.05, 0) is 38.0 Å². The SMILES string of the molecule is Cc1c(C(=O)N2CCCCC2)oc2c1/C(=N\N=C(N)N)CC(C)(C)C2. The number of likely N-dealkylation sites (tertiary alicyclic amines) is 1. The molecule has 1 amide bonds. The largest absolute Gasteiger partial charge is 0.455 e. The van der Waals surface area contributed by atoms with Gasteiger partial charge >= 0.3 is 0 Å². The highest BCUT2D eigenvalue weighted by Crippen LogP contribution is 2.39. The molecule has 2 aliphatic rings. The third-order valence-electron chi connectivity index (χ3n) is 4.92. The van der Waals surface area contributed by atoms with Gasteiger partial charge in [-0.15, -0.1) is 5.10 Å². The van der Waals surface area contributed by atoms with Crippen molar-refractivity contribution in [2.75, 3.05) is 13.1 Å². The molecule has 1 aliphatic carbocycles. The van der Waals surface area contributed by atoms with Crippen LogP contribution < -0.4 is 11.5 Å². The zero-order chi connectivity index (χ0) is 18.2. The van der Waals surface area contributed by atoms with Crippen LogP contribution in [0.15, 0.2) is 14.6 Å². The van der Waals surface area contributed by atoms with E-state index < -0.39 is 0 Å². The molecule has 0 atom stereocenters. The summed E-state index contributed by atoms with van der Waals surface area (Å²) < 4.78 is 6.04. The Bertz CT molecular complexity index is 735. The lowest BCUT2D eigenvalue weighted by Gasteiger charge is -2.29. The molecule has 0 bridgehead atoms.